The van der Waals surface area contributed by atoms with Crippen LogP contribution in [0.15, 0.2) is 48.8 Å². The zero-order valence-electron chi connectivity index (χ0n) is 12.9. The molecule has 0 spiro atoms. The Labute approximate surface area is 137 Å². The van der Waals surface area contributed by atoms with E-state index in [0.29, 0.717) is 11.5 Å². The number of benzene rings is 1. The summed E-state index contributed by atoms with van der Waals surface area (Å²) in [5.74, 6) is -0.359. The minimum atomic E-state index is -1.02. The second-order valence-electron chi connectivity index (χ2n) is 5.63. The summed E-state index contributed by atoms with van der Waals surface area (Å²) in [5, 5.41) is 15.0. The largest absolute Gasteiger partial charge is 0.477 e. The molecule has 0 fully saturated rings. The molecule has 0 aliphatic rings. The molecule has 24 heavy (non-hydrogen) atoms. The number of fused-ring (bicyclic) bond motifs is 3. The number of aromatic amines is 1. The molecule has 0 saturated heterocycles. The first-order chi connectivity index (χ1) is 11.6. The number of hydrogen-bond donors (Lipinski definition) is 3. The van der Waals surface area contributed by atoms with Gasteiger partial charge in [-0.1, -0.05) is 12.1 Å². The third-order valence-corrected chi connectivity index (χ3v) is 3.90. The molecular weight excluding hydrogens is 304 g/mol. The molecule has 4 rings (SSSR count). The topological polar surface area (TPSA) is 90.9 Å². The highest BCUT2D eigenvalue weighted by atomic mass is 16.4. The number of aryl methyl sites for hydroxylation is 1. The van der Waals surface area contributed by atoms with E-state index in [1.807, 2.05) is 37.3 Å². The zero-order valence-corrected chi connectivity index (χ0v) is 12.9. The number of carboxylic acid groups (broad SMARTS) is 1. The molecule has 0 aliphatic carbocycles. The first kappa shape index (κ1) is 14.2. The van der Waals surface area contributed by atoms with Crippen molar-refractivity contribution in [3.05, 3.63) is 60.0 Å². The lowest BCUT2D eigenvalue weighted by atomic mass is 10.1. The molecule has 6 heteroatoms. The van der Waals surface area contributed by atoms with Gasteiger partial charge in [-0.15, -0.1) is 0 Å². The molecule has 0 amide bonds. The van der Waals surface area contributed by atoms with Crippen LogP contribution in [0.5, 0.6) is 0 Å². The van der Waals surface area contributed by atoms with Crippen LogP contribution in [0.1, 0.15) is 16.1 Å². The number of nitrogens with one attached hydrogen (secondary N) is 2. The summed E-state index contributed by atoms with van der Waals surface area (Å²) < 4.78 is 0. The van der Waals surface area contributed by atoms with Crippen LogP contribution >= 0.6 is 0 Å². The van der Waals surface area contributed by atoms with Crippen molar-refractivity contribution in [1.82, 2.24) is 15.0 Å². The molecular formula is C18H14N4O2. The smallest absolute Gasteiger partial charge is 0.352 e. The molecule has 3 heterocycles. The van der Waals surface area contributed by atoms with E-state index in [2.05, 4.69) is 20.3 Å². The number of pyridine rings is 2. The van der Waals surface area contributed by atoms with E-state index >= 15 is 0 Å². The lowest BCUT2D eigenvalue weighted by Crippen LogP contribution is -1.97. The SMILES string of the molecule is Cc1cccc(Nc2nc3[nH]c(C(=O)O)cc3c3cnccc23)c1. The van der Waals surface area contributed by atoms with Crippen LogP contribution in [-0.2, 0) is 0 Å². The summed E-state index contributed by atoms with van der Waals surface area (Å²) in [7, 11) is 0. The average Bonchev–Trinajstić information content (AvgIpc) is 3.00. The molecule has 0 radical (unpaired) electrons. The fourth-order valence-corrected chi connectivity index (χ4v) is 2.79. The van der Waals surface area contributed by atoms with E-state index in [1.54, 1.807) is 18.5 Å². The fourth-order valence-electron chi connectivity index (χ4n) is 2.79. The number of aromatic carboxylic acids is 1. The van der Waals surface area contributed by atoms with E-state index in [0.717, 1.165) is 27.4 Å². The van der Waals surface area contributed by atoms with Gasteiger partial charge in [0, 0.05) is 34.2 Å². The van der Waals surface area contributed by atoms with Crippen LogP contribution < -0.4 is 5.32 Å². The molecule has 3 aromatic heterocycles. The normalized spacial score (nSPS) is 11.0. The predicted molar refractivity (Wildman–Crippen MR) is 92.8 cm³/mol. The quantitative estimate of drug-likeness (QED) is 0.533. The second-order valence-corrected chi connectivity index (χ2v) is 5.63. The van der Waals surface area contributed by atoms with Crippen LogP contribution in [0.2, 0.25) is 0 Å². The van der Waals surface area contributed by atoms with Crippen molar-refractivity contribution in [2.24, 2.45) is 0 Å². The first-order valence-electron chi connectivity index (χ1n) is 7.45. The Morgan fingerprint density at radius 3 is 2.83 bits per heavy atom. The van der Waals surface area contributed by atoms with Gasteiger partial charge in [0.2, 0.25) is 0 Å². The Morgan fingerprint density at radius 2 is 2.04 bits per heavy atom. The first-order valence-corrected chi connectivity index (χ1v) is 7.45. The molecule has 0 atom stereocenters. The average molecular weight is 318 g/mol. The van der Waals surface area contributed by atoms with Crippen molar-refractivity contribution in [3.8, 4) is 0 Å². The van der Waals surface area contributed by atoms with Crippen LogP contribution in [0.25, 0.3) is 21.8 Å². The van der Waals surface area contributed by atoms with E-state index in [-0.39, 0.29) is 5.69 Å². The van der Waals surface area contributed by atoms with E-state index < -0.39 is 5.97 Å². The third-order valence-electron chi connectivity index (χ3n) is 3.90. The number of nitrogens with zero attached hydrogens (tertiary/aromatic N) is 2. The third kappa shape index (κ3) is 2.34. The van der Waals surface area contributed by atoms with Gasteiger partial charge in [-0.05, 0) is 36.8 Å². The van der Waals surface area contributed by atoms with Crippen molar-refractivity contribution in [2.75, 3.05) is 5.32 Å². The molecule has 0 bridgehead atoms. The Hall–Kier alpha value is -3.41. The molecule has 0 unspecified atom stereocenters. The zero-order chi connectivity index (χ0) is 16.7. The maximum atomic E-state index is 11.2. The minimum absolute atomic E-state index is 0.107. The summed E-state index contributed by atoms with van der Waals surface area (Å²) in [5.41, 5.74) is 2.68. The van der Waals surface area contributed by atoms with Crippen molar-refractivity contribution < 1.29 is 9.90 Å². The van der Waals surface area contributed by atoms with Gasteiger partial charge in [0.05, 0.1) is 0 Å². The van der Waals surface area contributed by atoms with Crippen molar-refractivity contribution in [2.45, 2.75) is 6.92 Å². The summed E-state index contributed by atoms with van der Waals surface area (Å²) in [4.78, 5) is 22.8. The molecule has 1 aromatic carbocycles. The van der Waals surface area contributed by atoms with Crippen LogP contribution in [0, 0.1) is 6.92 Å². The van der Waals surface area contributed by atoms with Crippen LogP contribution in [0.4, 0.5) is 11.5 Å². The van der Waals surface area contributed by atoms with Gasteiger partial charge >= 0.3 is 5.97 Å². The van der Waals surface area contributed by atoms with Gasteiger partial charge in [-0.2, -0.15) is 0 Å². The Balaban J connectivity index is 1.94. The van der Waals surface area contributed by atoms with Gasteiger partial charge in [0.15, 0.2) is 0 Å². The summed E-state index contributed by atoms with van der Waals surface area (Å²) in [6.07, 6.45) is 3.42. The van der Waals surface area contributed by atoms with Crippen LogP contribution in [0.3, 0.4) is 0 Å². The monoisotopic (exact) mass is 318 g/mol. The molecule has 0 saturated carbocycles. The highest BCUT2D eigenvalue weighted by Gasteiger charge is 2.14. The second kappa shape index (κ2) is 5.34. The maximum absolute atomic E-state index is 11.2. The van der Waals surface area contributed by atoms with Crippen LogP contribution in [-0.4, -0.2) is 26.0 Å². The molecule has 118 valence electrons. The van der Waals surface area contributed by atoms with Gasteiger partial charge in [0.1, 0.15) is 17.2 Å². The lowest BCUT2D eigenvalue weighted by Gasteiger charge is -2.10. The van der Waals surface area contributed by atoms with E-state index in [4.69, 9.17) is 0 Å². The summed E-state index contributed by atoms with van der Waals surface area (Å²) >= 11 is 0. The number of aromatic nitrogens is 3. The molecule has 4 aromatic rings. The Morgan fingerprint density at radius 1 is 1.17 bits per heavy atom. The summed E-state index contributed by atoms with van der Waals surface area (Å²) in [6, 6.07) is 11.4. The van der Waals surface area contributed by atoms with E-state index in [1.165, 1.54) is 0 Å². The van der Waals surface area contributed by atoms with Crippen molar-refractivity contribution >= 4 is 39.3 Å². The van der Waals surface area contributed by atoms with Gasteiger partial charge in [0.25, 0.3) is 0 Å². The van der Waals surface area contributed by atoms with Gasteiger partial charge < -0.3 is 15.4 Å². The maximum Gasteiger partial charge on any atom is 0.352 e. The van der Waals surface area contributed by atoms with Crippen molar-refractivity contribution in [1.29, 1.82) is 0 Å². The highest BCUT2D eigenvalue weighted by Crippen LogP contribution is 2.31. The number of hydrogen-bond acceptors (Lipinski definition) is 4. The van der Waals surface area contributed by atoms with Crippen molar-refractivity contribution in [3.63, 3.8) is 0 Å². The van der Waals surface area contributed by atoms with E-state index in [9.17, 15) is 9.90 Å². The van der Waals surface area contributed by atoms with Gasteiger partial charge in [-0.25, -0.2) is 9.78 Å². The Bertz CT molecular complexity index is 1080. The number of carboxylic acids is 1. The summed E-state index contributed by atoms with van der Waals surface area (Å²) in [6.45, 7) is 2.02. The molecule has 3 N–H and O–H groups in total. The molecule has 6 nitrogen and oxygen atoms in total. The number of carbonyl (C=O) groups is 1. The number of rotatable bonds is 3. The number of anilines is 2. The molecule has 0 aliphatic heterocycles. The highest BCUT2D eigenvalue weighted by molar-refractivity contribution is 6.11. The minimum Gasteiger partial charge on any atom is -0.477 e. The standard InChI is InChI=1S/C18H14N4O2/c1-10-3-2-4-11(7-10)20-16-12-5-6-19-9-14(12)13-8-15(18(23)24)21-17(13)22-16/h2-9H,1H3,(H,23,24)(H2,20,21,22). The predicted octanol–water partition coefficient (Wildman–Crippen LogP) is 3.86. The number of H-pyrrole nitrogens is 1. The lowest BCUT2D eigenvalue weighted by molar-refractivity contribution is 0.0691. The fraction of sp³-hybridized carbons (Fsp3) is 0.0556. The van der Waals surface area contributed by atoms with Gasteiger partial charge in [-0.3, -0.25) is 4.98 Å². The Kier molecular flexibility index (Phi) is 3.16.